The molecule has 0 aliphatic rings. The predicted octanol–water partition coefficient (Wildman–Crippen LogP) is 5.07. The molecule has 1 atom stereocenters. The van der Waals surface area contributed by atoms with E-state index in [-0.39, 0.29) is 6.04 Å². The lowest BCUT2D eigenvalue weighted by Crippen LogP contribution is -2.21. The summed E-state index contributed by atoms with van der Waals surface area (Å²) in [5, 5.41) is 1.08. The Kier molecular flexibility index (Phi) is 5.30. The lowest BCUT2D eigenvalue weighted by molar-refractivity contribution is 0.481. The highest BCUT2D eigenvalue weighted by Gasteiger charge is 2.06. The minimum Gasteiger partial charge on any atom is -0.456 e. The molecule has 2 N–H and O–H groups in total. The fourth-order valence-corrected chi connectivity index (χ4v) is 2.32. The topological polar surface area (TPSA) is 35.2 Å². The largest absolute Gasteiger partial charge is 0.456 e. The third kappa shape index (κ3) is 4.14. The highest BCUT2D eigenvalue weighted by molar-refractivity contribution is 6.35. The van der Waals surface area contributed by atoms with Crippen molar-refractivity contribution in [3.05, 3.63) is 58.1 Å². The van der Waals surface area contributed by atoms with E-state index in [1.165, 1.54) is 0 Å². The molecule has 0 aliphatic carbocycles. The van der Waals surface area contributed by atoms with Crippen LogP contribution >= 0.6 is 23.2 Å². The smallest absolute Gasteiger partial charge is 0.146 e. The first kappa shape index (κ1) is 15.2. The van der Waals surface area contributed by atoms with Crippen LogP contribution in [0.15, 0.2) is 42.5 Å². The summed E-state index contributed by atoms with van der Waals surface area (Å²) in [4.78, 5) is 0. The van der Waals surface area contributed by atoms with Gasteiger partial charge in [0.25, 0.3) is 0 Å². The van der Waals surface area contributed by atoms with Crippen LogP contribution in [0.2, 0.25) is 10.0 Å². The zero-order valence-electron chi connectivity index (χ0n) is 11.3. The lowest BCUT2D eigenvalue weighted by atomic mass is 10.0. The van der Waals surface area contributed by atoms with Gasteiger partial charge in [0, 0.05) is 11.1 Å². The maximum Gasteiger partial charge on any atom is 0.146 e. The summed E-state index contributed by atoms with van der Waals surface area (Å²) >= 11 is 12.0. The molecule has 0 saturated carbocycles. The number of nitrogens with two attached hydrogens (primary N) is 1. The summed E-state index contributed by atoms with van der Waals surface area (Å²) in [5.74, 6) is 1.34. The van der Waals surface area contributed by atoms with E-state index in [2.05, 4.69) is 6.92 Å². The highest BCUT2D eigenvalue weighted by Crippen LogP contribution is 2.31. The summed E-state index contributed by atoms with van der Waals surface area (Å²) in [7, 11) is 0. The molecule has 2 nitrogen and oxygen atoms in total. The van der Waals surface area contributed by atoms with E-state index >= 15 is 0 Å². The molecule has 1 unspecified atom stereocenters. The van der Waals surface area contributed by atoms with E-state index < -0.39 is 0 Å². The van der Waals surface area contributed by atoms with Crippen molar-refractivity contribution in [2.45, 2.75) is 25.8 Å². The van der Waals surface area contributed by atoms with E-state index in [4.69, 9.17) is 33.7 Å². The van der Waals surface area contributed by atoms with Crippen molar-refractivity contribution < 1.29 is 4.74 Å². The SMILES string of the molecule is CCC(N)Cc1cccc(Oc2ccc(Cl)cc2Cl)c1. The molecule has 0 aliphatic heterocycles. The Morgan fingerprint density at radius 2 is 1.95 bits per heavy atom. The van der Waals surface area contributed by atoms with Crippen LogP contribution in [0.3, 0.4) is 0 Å². The van der Waals surface area contributed by atoms with Crippen LogP contribution in [0, 0.1) is 0 Å². The molecule has 20 heavy (non-hydrogen) atoms. The molecular weight excluding hydrogens is 293 g/mol. The van der Waals surface area contributed by atoms with Gasteiger partial charge in [-0.2, -0.15) is 0 Å². The molecule has 106 valence electrons. The van der Waals surface area contributed by atoms with Gasteiger partial charge < -0.3 is 10.5 Å². The average molecular weight is 310 g/mol. The fraction of sp³-hybridized carbons (Fsp3) is 0.250. The minimum atomic E-state index is 0.171. The Morgan fingerprint density at radius 3 is 2.65 bits per heavy atom. The van der Waals surface area contributed by atoms with Crippen molar-refractivity contribution in [2.24, 2.45) is 5.73 Å². The first-order chi connectivity index (χ1) is 9.58. The highest BCUT2D eigenvalue weighted by atomic mass is 35.5. The zero-order chi connectivity index (χ0) is 14.5. The molecule has 2 aromatic carbocycles. The second-order valence-corrected chi connectivity index (χ2v) is 5.54. The normalized spacial score (nSPS) is 12.2. The summed E-state index contributed by atoms with van der Waals surface area (Å²) in [6.45, 7) is 2.08. The van der Waals surface area contributed by atoms with Gasteiger partial charge in [0.2, 0.25) is 0 Å². The van der Waals surface area contributed by atoms with Gasteiger partial charge in [0.05, 0.1) is 5.02 Å². The van der Waals surface area contributed by atoms with E-state index in [9.17, 15) is 0 Å². The van der Waals surface area contributed by atoms with Crippen LogP contribution in [0.25, 0.3) is 0 Å². The van der Waals surface area contributed by atoms with E-state index in [0.717, 1.165) is 24.2 Å². The summed E-state index contributed by atoms with van der Waals surface area (Å²) < 4.78 is 5.79. The summed E-state index contributed by atoms with van der Waals surface area (Å²) in [6.07, 6.45) is 1.79. The van der Waals surface area contributed by atoms with Crippen molar-refractivity contribution in [3.63, 3.8) is 0 Å². The maximum atomic E-state index is 6.10. The Bertz CT molecular complexity index is 586. The Balaban J connectivity index is 2.15. The van der Waals surface area contributed by atoms with Crippen LogP contribution < -0.4 is 10.5 Å². The second-order valence-electron chi connectivity index (χ2n) is 4.70. The Hall–Kier alpha value is -1.22. The number of rotatable bonds is 5. The molecule has 2 rings (SSSR count). The van der Waals surface area contributed by atoms with Gasteiger partial charge in [-0.25, -0.2) is 0 Å². The van der Waals surface area contributed by atoms with Gasteiger partial charge in [-0.3, -0.25) is 0 Å². The van der Waals surface area contributed by atoms with E-state index in [1.54, 1.807) is 18.2 Å². The van der Waals surface area contributed by atoms with Crippen molar-refractivity contribution in [3.8, 4) is 11.5 Å². The van der Waals surface area contributed by atoms with Crippen LogP contribution in [-0.4, -0.2) is 6.04 Å². The molecule has 4 heteroatoms. The molecule has 0 aromatic heterocycles. The average Bonchev–Trinajstić information content (AvgIpc) is 2.42. The Morgan fingerprint density at radius 1 is 1.15 bits per heavy atom. The number of ether oxygens (including phenoxy) is 1. The van der Waals surface area contributed by atoms with Crippen molar-refractivity contribution in [2.75, 3.05) is 0 Å². The molecule has 0 radical (unpaired) electrons. The first-order valence-electron chi connectivity index (χ1n) is 6.56. The predicted molar refractivity (Wildman–Crippen MR) is 84.9 cm³/mol. The summed E-state index contributed by atoms with van der Waals surface area (Å²) in [6, 6.07) is 13.2. The van der Waals surface area contributed by atoms with Crippen LogP contribution in [0.4, 0.5) is 0 Å². The zero-order valence-corrected chi connectivity index (χ0v) is 12.8. The number of halogens is 2. The third-order valence-corrected chi connectivity index (χ3v) is 3.57. The monoisotopic (exact) mass is 309 g/mol. The molecule has 0 fully saturated rings. The maximum absolute atomic E-state index is 6.10. The van der Waals surface area contributed by atoms with Gasteiger partial charge in [0.15, 0.2) is 0 Å². The third-order valence-electron chi connectivity index (χ3n) is 3.04. The van der Waals surface area contributed by atoms with Gasteiger partial charge in [-0.1, -0.05) is 42.3 Å². The van der Waals surface area contributed by atoms with Gasteiger partial charge in [-0.15, -0.1) is 0 Å². The Labute approximate surface area is 129 Å². The van der Waals surface area contributed by atoms with Crippen molar-refractivity contribution in [1.29, 1.82) is 0 Å². The molecule has 0 heterocycles. The molecular formula is C16H17Cl2NO. The molecule has 0 bridgehead atoms. The molecule has 0 spiro atoms. The number of benzene rings is 2. The van der Waals surface area contributed by atoms with Crippen molar-refractivity contribution in [1.82, 2.24) is 0 Å². The fourth-order valence-electron chi connectivity index (χ4n) is 1.87. The number of hydrogen-bond donors (Lipinski definition) is 1. The minimum absolute atomic E-state index is 0.171. The van der Waals surface area contributed by atoms with Crippen LogP contribution in [0.5, 0.6) is 11.5 Å². The standard InChI is InChI=1S/C16H17Cl2NO/c1-2-13(19)8-11-4-3-5-14(9-11)20-16-7-6-12(17)10-15(16)18/h3-7,9-10,13H,2,8,19H2,1H3. The van der Waals surface area contributed by atoms with Gasteiger partial charge >= 0.3 is 0 Å². The van der Waals surface area contributed by atoms with E-state index in [0.29, 0.717) is 15.8 Å². The summed E-state index contributed by atoms with van der Waals surface area (Å²) in [5.41, 5.74) is 7.13. The van der Waals surface area contributed by atoms with Crippen LogP contribution in [0.1, 0.15) is 18.9 Å². The van der Waals surface area contributed by atoms with Gasteiger partial charge in [0.1, 0.15) is 11.5 Å². The number of hydrogen-bond acceptors (Lipinski definition) is 2. The second kappa shape index (κ2) is 6.98. The van der Waals surface area contributed by atoms with Crippen LogP contribution in [-0.2, 0) is 6.42 Å². The quantitative estimate of drug-likeness (QED) is 0.837. The molecule has 0 saturated heterocycles. The molecule has 0 amide bonds. The van der Waals surface area contributed by atoms with Gasteiger partial charge in [-0.05, 0) is 48.7 Å². The molecule has 2 aromatic rings. The lowest BCUT2D eigenvalue weighted by Gasteiger charge is -2.11. The first-order valence-corrected chi connectivity index (χ1v) is 7.31. The van der Waals surface area contributed by atoms with E-state index in [1.807, 2.05) is 24.3 Å². The van der Waals surface area contributed by atoms with Crippen molar-refractivity contribution >= 4 is 23.2 Å².